The van der Waals surface area contributed by atoms with Gasteiger partial charge in [0.1, 0.15) is 5.54 Å². The van der Waals surface area contributed by atoms with Crippen LogP contribution in [0, 0.1) is 5.41 Å². The van der Waals surface area contributed by atoms with Gasteiger partial charge in [-0.3, -0.25) is 4.98 Å². The molecule has 1 aliphatic heterocycles. The average Bonchev–Trinajstić information content (AvgIpc) is 3.38. The molecule has 0 spiro atoms. The molecule has 4 rings (SSSR count). The fraction of sp³-hybridized carbons (Fsp3) is 0.300. The van der Waals surface area contributed by atoms with Crippen molar-refractivity contribution in [1.82, 2.24) is 9.88 Å². The van der Waals surface area contributed by atoms with Crippen LogP contribution >= 0.6 is 12.1 Å². The van der Waals surface area contributed by atoms with Gasteiger partial charge in [-0.25, -0.2) is 4.99 Å². The van der Waals surface area contributed by atoms with Crippen LogP contribution in [0.2, 0.25) is 0 Å². The molecule has 1 fully saturated rings. The number of rotatable bonds is 4. The Morgan fingerprint density at radius 3 is 2.62 bits per heavy atom. The maximum Gasteiger partial charge on any atom is 0.196 e. The molecule has 2 N–H and O–H groups in total. The Balaban J connectivity index is 1.86. The Labute approximate surface area is 157 Å². The highest BCUT2D eigenvalue weighted by atomic mass is 32.2. The van der Waals surface area contributed by atoms with E-state index in [0.717, 1.165) is 35.2 Å². The summed E-state index contributed by atoms with van der Waals surface area (Å²) in [5.41, 5.74) is 9.42. The lowest BCUT2D eigenvalue weighted by Gasteiger charge is -2.36. The number of halogens is 1. The summed E-state index contributed by atoms with van der Waals surface area (Å²) in [5.74, 6) is 0.492. The van der Waals surface area contributed by atoms with E-state index < -0.39 is 5.54 Å². The Morgan fingerprint density at radius 1 is 1.23 bits per heavy atom. The van der Waals surface area contributed by atoms with E-state index in [2.05, 4.69) is 30.6 Å². The van der Waals surface area contributed by atoms with E-state index in [0.29, 0.717) is 10.9 Å². The standard InChI is InChI=1S/C20H21FN4S/c1-13-20(19(2)7-8-19,24-18(22)25(13)3)16-6-4-5-14(9-16)15-10-17(26-21)12-23-11-15/h4-6,9-12H,1,7-8H2,2-3H3,(H2,22,24). The number of likely N-dealkylation sites (N-methyl/N-ethyl adjacent to an activating group) is 1. The first-order chi connectivity index (χ1) is 12.4. The van der Waals surface area contributed by atoms with Crippen molar-refractivity contribution >= 4 is 18.1 Å². The molecule has 134 valence electrons. The molecule has 1 unspecified atom stereocenters. The van der Waals surface area contributed by atoms with Crippen molar-refractivity contribution < 1.29 is 3.89 Å². The molecule has 2 aromatic rings. The largest absolute Gasteiger partial charge is 0.369 e. The third-order valence-corrected chi connectivity index (χ3v) is 6.14. The number of aliphatic imine (C=N–C) groups is 1. The second-order valence-electron chi connectivity index (χ2n) is 7.31. The highest BCUT2D eigenvalue weighted by Gasteiger charge is 2.61. The molecule has 1 atom stereocenters. The minimum Gasteiger partial charge on any atom is -0.369 e. The van der Waals surface area contributed by atoms with E-state index in [1.54, 1.807) is 12.3 Å². The molecule has 0 saturated heterocycles. The summed E-state index contributed by atoms with van der Waals surface area (Å²) in [6, 6.07) is 9.99. The van der Waals surface area contributed by atoms with E-state index in [-0.39, 0.29) is 17.6 Å². The second-order valence-corrected chi connectivity index (χ2v) is 7.94. The molecule has 2 heterocycles. The van der Waals surface area contributed by atoms with Gasteiger partial charge >= 0.3 is 0 Å². The van der Waals surface area contributed by atoms with Gasteiger partial charge in [-0.2, -0.15) is 3.89 Å². The first-order valence-corrected chi connectivity index (χ1v) is 9.26. The first-order valence-electron chi connectivity index (χ1n) is 8.54. The van der Waals surface area contributed by atoms with Gasteiger partial charge < -0.3 is 10.6 Å². The van der Waals surface area contributed by atoms with Crippen LogP contribution in [-0.2, 0) is 5.54 Å². The predicted octanol–water partition coefficient (Wildman–Crippen LogP) is 4.49. The zero-order valence-corrected chi connectivity index (χ0v) is 15.7. The molecule has 4 nitrogen and oxygen atoms in total. The molecular formula is C20H21FN4S. The number of nitrogens with zero attached hydrogens (tertiary/aromatic N) is 3. The Hall–Kier alpha value is -2.34. The van der Waals surface area contributed by atoms with Crippen LogP contribution in [0.15, 0.2) is 64.9 Å². The van der Waals surface area contributed by atoms with Crippen LogP contribution in [0.4, 0.5) is 3.89 Å². The number of hydrogen-bond acceptors (Lipinski definition) is 5. The van der Waals surface area contributed by atoms with E-state index in [9.17, 15) is 3.89 Å². The lowest BCUT2D eigenvalue weighted by atomic mass is 9.74. The highest BCUT2D eigenvalue weighted by Crippen LogP contribution is 2.64. The molecule has 6 heteroatoms. The monoisotopic (exact) mass is 368 g/mol. The van der Waals surface area contributed by atoms with Crippen molar-refractivity contribution in [2.45, 2.75) is 30.2 Å². The molecule has 2 aliphatic rings. The van der Waals surface area contributed by atoms with Crippen LogP contribution in [0.25, 0.3) is 11.1 Å². The van der Waals surface area contributed by atoms with Crippen molar-refractivity contribution in [3.8, 4) is 11.1 Å². The van der Waals surface area contributed by atoms with Crippen molar-refractivity contribution in [3.63, 3.8) is 0 Å². The van der Waals surface area contributed by atoms with Gasteiger partial charge in [-0.15, -0.1) is 0 Å². The van der Waals surface area contributed by atoms with Crippen molar-refractivity contribution in [1.29, 1.82) is 0 Å². The van der Waals surface area contributed by atoms with Crippen LogP contribution in [0.5, 0.6) is 0 Å². The molecule has 1 aliphatic carbocycles. The SMILES string of the molecule is C=C1N(C)C(N)=NC1(c1cccc(-c2cncc(SF)c2)c1)C1(C)CC1. The molecular weight excluding hydrogens is 347 g/mol. The zero-order valence-electron chi connectivity index (χ0n) is 14.9. The maximum absolute atomic E-state index is 12.9. The normalized spacial score (nSPS) is 23.9. The molecule has 26 heavy (non-hydrogen) atoms. The summed E-state index contributed by atoms with van der Waals surface area (Å²) >= 11 is 0.200. The van der Waals surface area contributed by atoms with Gasteiger partial charge in [0.05, 0.1) is 17.0 Å². The van der Waals surface area contributed by atoms with E-state index in [1.807, 2.05) is 24.1 Å². The number of benzene rings is 1. The smallest absolute Gasteiger partial charge is 0.196 e. The Bertz CT molecular complexity index is 922. The van der Waals surface area contributed by atoms with E-state index >= 15 is 0 Å². The average molecular weight is 368 g/mol. The number of hydrogen-bond donors (Lipinski definition) is 1. The summed E-state index contributed by atoms with van der Waals surface area (Å²) in [5, 5.41) is 0. The minimum atomic E-state index is -0.554. The van der Waals surface area contributed by atoms with Crippen LogP contribution in [0.3, 0.4) is 0 Å². The zero-order chi connectivity index (χ0) is 18.5. The van der Waals surface area contributed by atoms with Crippen LogP contribution in [-0.4, -0.2) is 22.9 Å². The molecule has 0 radical (unpaired) electrons. The number of nitrogens with two attached hydrogens (primary N) is 1. The third kappa shape index (κ3) is 2.35. The highest BCUT2D eigenvalue weighted by molar-refractivity contribution is 7.94. The van der Waals surface area contributed by atoms with Gasteiger partial charge in [0.15, 0.2) is 5.96 Å². The lowest BCUT2D eigenvalue weighted by Crippen LogP contribution is -2.36. The minimum absolute atomic E-state index is 0.00692. The Morgan fingerprint density at radius 2 is 2.00 bits per heavy atom. The third-order valence-electron chi connectivity index (χ3n) is 5.74. The Kier molecular flexibility index (Phi) is 3.84. The molecule has 1 aromatic carbocycles. The topological polar surface area (TPSA) is 54.5 Å². The molecule has 1 saturated carbocycles. The summed E-state index contributed by atoms with van der Waals surface area (Å²) in [7, 11) is 1.91. The molecule has 0 bridgehead atoms. The molecule has 0 amide bonds. The number of aromatic nitrogens is 1. The summed E-state index contributed by atoms with van der Waals surface area (Å²) in [6.07, 6.45) is 5.42. The van der Waals surface area contributed by atoms with Gasteiger partial charge in [0.2, 0.25) is 0 Å². The van der Waals surface area contributed by atoms with E-state index in [1.165, 1.54) is 6.20 Å². The van der Waals surface area contributed by atoms with Crippen LogP contribution < -0.4 is 5.73 Å². The van der Waals surface area contributed by atoms with Crippen LogP contribution in [0.1, 0.15) is 25.3 Å². The summed E-state index contributed by atoms with van der Waals surface area (Å²) in [6.45, 7) is 6.56. The van der Waals surface area contributed by atoms with Crippen molar-refractivity contribution in [2.24, 2.45) is 16.1 Å². The number of pyridine rings is 1. The quantitative estimate of drug-likeness (QED) is 0.864. The molecule has 1 aromatic heterocycles. The maximum atomic E-state index is 12.9. The van der Waals surface area contributed by atoms with Gasteiger partial charge in [0, 0.05) is 36.1 Å². The lowest BCUT2D eigenvalue weighted by molar-refractivity contribution is 0.311. The summed E-state index contributed by atoms with van der Waals surface area (Å²) < 4.78 is 12.9. The van der Waals surface area contributed by atoms with E-state index in [4.69, 9.17) is 10.7 Å². The fourth-order valence-electron chi connectivity index (χ4n) is 3.85. The summed E-state index contributed by atoms with van der Waals surface area (Å²) in [4.78, 5) is 11.4. The van der Waals surface area contributed by atoms with Gasteiger partial charge in [-0.1, -0.05) is 31.7 Å². The van der Waals surface area contributed by atoms with Gasteiger partial charge in [0.25, 0.3) is 0 Å². The predicted molar refractivity (Wildman–Crippen MR) is 104 cm³/mol. The van der Waals surface area contributed by atoms with Crippen molar-refractivity contribution in [2.75, 3.05) is 7.05 Å². The first kappa shape index (κ1) is 17.1. The number of guanidine groups is 1. The fourth-order valence-corrected chi connectivity index (χ4v) is 4.12. The van der Waals surface area contributed by atoms with Gasteiger partial charge in [-0.05, 0) is 36.1 Å². The second kappa shape index (κ2) is 5.84. The van der Waals surface area contributed by atoms with Crippen molar-refractivity contribution in [3.05, 3.63) is 60.6 Å².